The van der Waals surface area contributed by atoms with Crippen molar-refractivity contribution in [2.45, 2.75) is 45.3 Å². The van der Waals surface area contributed by atoms with Crippen molar-refractivity contribution in [3.63, 3.8) is 0 Å². The molecule has 5 nitrogen and oxygen atoms in total. The van der Waals surface area contributed by atoms with Crippen molar-refractivity contribution in [3.05, 3.63) is 23.8 Å². The molecule has 0 atom stereocenters. The summed E-state index contributed by atoms with van der Waals surface area (Å²) in [6.45, 7) is 8.90. The fourth-order valence-corrected chi connectivity index (χ4v) is 1.84. The molecule has 0 heterocycles. The fraction of sp³-hybridized carbons (Fsp3) is 0.588. The molecule has 1 aromatic rings. The van der Waals surface area contributed by atoms with Crippen molar-refractivity contribution in [1.82, 2.24) is 5.32 Å². The molecule has 0 saturated heterocycles. The Kier molecular flexibility index (Phi) is 7.25. The number of benzene rings is 1. The van der Waals surface area contributed by atoms with Crippen molar-refractivity contribution in [1.29, 1.82) is 5.41 Å². The van der Waals surface area contributed by atoms with Crippen molar-refractivity contribution in [3.8, 4) is 0 Å². The van der Waals surface area contributed by atoms with Crippen molar-refractivity contribution >= 4 is 24.8 Å². The van der Waals surface area contributed by atoms with Gasteiger partial charge in [0.2, 0.25) is 0 Å². The topological polar surface area (TPSA) is 77.4 Å². The van der Waals surface area contributed by atoms with Gasteiger partial charge in [0.15, 0.2) is 0 Å². The predicted octanol–water partition coefficient (Wildman–Crippen LogP) is 1.52. The molecule has 0 aliphatic heterocycles. The average Bonchev–Trinajstić information content (AvgIpc) is 2.48. The van der Waals surface area contributed by atoms with E-state index in [1.807, 2.05) is 39.1 Å². The Morgan fingerprint density at radius 2 is 1.96 bits per heavy atom. The van der Waals surface area contributed by atoms with Gasteiger partial charge in [-0.05, 0) is 53.2 Å². The number of anilines is 1. The minimum atomic E-state index is -0.969. The number of nitrogens with one attached hydrogen (secondary N) is 3. The third-order valence-corrected chi connectivity index (χ3v) is 4.14. The van der Waals surface area contributed by atoms with E-state index in [4.69, 9.17) is 10.1 Å². The van der Waals surface area contributed by atoms with E-state index in [9.17, 15) is 5.11 Å². The number of para-hydroxylation sites is 1. The summed E-state index contributed by atoms with van der Waals surface area (Å²) in [5, 5.41) is 24.3. The number of hydrogen-bond donors (Lipinski definition) is 4. The van der Waals surface area contributed by atoms with Crippen LogP contribution in [0.15, 0.2) is 18.2 Å². The Morgan fingerprint density at radius 1 is 1.26 bits per heavy atom. The third-order valence-electron chi connectivity index (χ3n) is 4.14. The highest BCUT2D eigenvalue weighted by molar-refractivity contribution is 6.50. The molecule has 0 saturated carbocycles. The monoisotopic (exact) mass is 318 g/mol. The Morgan fingerprint density at radius 3 is 2.52 bits per heavy atom. The summed E-state index contributed by atoms with van der Waals surface area (Å²) in [7, 11) is 3.59. The maximum atomic E-state index is 10.2. The van der Waals surface area contributed by atoms with Gasteiger partial charge in [-0.2, -0.15) is 0 Å². The molecule has 4 N–H and O–H groups in total. The minimum absolute atomic E-state index is 0.725. The number of hydrogen-bond acceptors (Lipinski definition) is 5. The van der Waals surface area contributed by atoms with Gasteiger partial charge in [-0.1, -0.05) is 18.2 Å². The SMILES string of the molecule is CNCCCNc1c([B]OC(C)(C)C(C)(C)O)cccc1C=N. The second-order valence-electron chi connectivity index (χ2n) is 6.64. The highest BCUT2D eigenvalue weighted by atomic mass is 16.5. The van der Waals surface area contributed by atoms with Crippen LogP contribution in [0.4, 0.5) is 5.69 Å². The van der Waals surface area contributed by atoms with Crippen LogP contribution in [0.3, 0.4) is 0 Å². The van der Waals surface area contributed by atoms with E-state index in [1.54, 1.807) is 21.3 Å². The van der Waals surface area contributed by atoms with Gasteiger partial charge >= 0.3 is 7.48 Å². The first-order chi connectivity index (χ1) is 10.7. The molecule has 0 bridgehead atoms. The minimum Gasteiger partial charge on any atom is -0.427 e. The van der Waals surface area contributed by atoms with Crippen molar-refractivity contribution < 1.29 is 9.76 Å². The van der Waals surface area contributed by atoms with Crippen molar-refractivity contribution in [2.24, 2.45) is 0 Å². The molecule has 0 aliphatic carbocycles. The molecular weight excluding hydrogens is 289 g/mol. The zero-order valence-electron chi connectivity index (χ0n) is 14.9. The van der Waals surface area contributed by atoms with Gasteiger partial charge in [-0.25, -0.2) is 0 Å². The molecule has 0 aromatic heterocycles. The van der Waals surface area contributed by atoms with Crippen LogP contribution in [-0.4, -0.2) is 50.1 Å². The summed E-state index contributed by atoms with van der Waals surface area (Å²) in [6, 6.07) is 5.73. The molecule has 0 aliphatic rings. The standard InChI is InChI=1S/C17H29BN3O2/c1-16(2,22)17(3,4)23-18-14-9-6-8-13(12-19)15(14)21-11-7-10-20-5/h6,8-9,12,19-22H,7,10-11H2,1-5H3. The average molecular weight is 318 g/mol. The molecule has 0 fully saturated rings. The first-order valence-electron chi connectivity index (χ1n) is 7.98. The molecule has 0 unspecified atom stereocenters. The Hall–Kier alpha value is -1.37. The third kappa shape index (κ3) is 5.64. The molecular formula is C17H29BN3O2. The van der Waals surface area contributed by atoms with Gasteiger partial charge < -0.3 is 25.8 Å². The lowest BCUT2D eigenvalue weighted by Crippen LogP contribution is -2.49. The fourth-order valence-electron chi connectivity index (χ4n) is 1.84. The first kappa shape index (κ1) is 19.7. The highest BCUT2D eigenvalue weighted by Gasteiger charge is 2.35. The normalized spacial score (nSPS) is 12.1. The molecule has 127 valence electrons. The van der Waals surface area contributed by atoms with E-state index in [0.29, 0.717) is 0 Å². The Bertz CT molecular complexity index is 513. The van der Waals surface area contributed by atoms with Crippen LogP contribution in [0.25, 0.3) is 0 Å². The summed E-state index contributed by atoms with van der Waals surface area (Å²) in [5.74, 6) is 0. The lowest BCUT2D eigenvalue weighted by molar-refractivity contribution is -0.0893. The second-order valence-corrected chi connectivity index (χ2v) is 6.64. The molecule has 1 aromatic carbocycles. The lowest BCUT2D eigenvalue weighted by atomic mass is 9.81. The summed E-state index contributed by atoms with van der Waals surface area (Å²) in [6.07, 6.45) is 2.32. The molecule has 23 heavy (non-hydrogen) atoms. The summed E-state index contributed by atoms with van der Waals surface area (Å²) in [4.78, 5) is 0. The van der Waals surface area contributed by atoms with Crippen LogP contribution in [-0.2, 0) is 4.65 Å². The maximum absolute atomic E-state index is 10.2. The second kappa shape index (κ2) is 8.48. The highest BCUT2D eigenvalue weighted by Crippen LogP contribution is 2.24. The molecule has 1 radical (unpaired) electrons. The zero-order valence-corrected chi connectivity index (χ0v) is 14.9. The zero-order chi connectivity index (χ0) is 17.5. The summed E-state index contributed by atoms with van der Waals surface area (Å²) < 4.78 is 5.85. The molecule has 6 heteroatoms. The largest absolute Gasteiger partial charge is 0.427 e. The van der Waals surface area contributed by atoms with Crippen LogP contribution in [0.5, 0.6) is 0 Å². The van der Waals surface area contributed by atoms with Gasteiger partial charge in [0.05, 0.1) is 11.2 Å². The van der Waals surface area contributed by atoms with Gasteiger partial charge in [-0.15, -0.1) is 0 Å². The number of rotatable bonds is 10. The van der Waals surface area contributed by atoms with E-state index in [2.05, 4.69) is 10.6 Å². The van der Waals surface area contributed by atoms with Crippen LogP contribution in [0.2, 0.25) is 0 Å². The number of aliphatic hydroxyl groups is 1. The smallest absolute Gasteiger partial charge is 0.333 e. The molecule has 0 amide bonds. The maximum Gasteiger partial charge on any atom is 0.333 e. The van der Waals surface area contributed by atoms with Crippen LogP contribution >= 0.6 is 0 Å². The van der Waals surface area contributed by atoms with E-state index < -0.39 is 11.2 Å². The Labute approximate surface area is 140 Å². The molecule has 1 rings (SSSR count). The molecule has 0 spiro atoms. The summed E-state index contributed by atoms with van der Waals surface area (Å²) in [5.41, 5.74) is 0.867. The van der Waals surface area contributed by atoms with E-state index in [-0.39, 0.29) is 0 Å². The van der Waals surface area contributed by atoms with Crippen molar-refractivity contribution in [2.75, 3.05) is 25.5 Å². The first-order valence-corrected chi connectivity index (χ1v) is 7.98. The van der Waals surface area contributed by atoms with E-state index >= 15 is 0 Å². The predicted molar refractivity (Wildman–Crippen MR) is 98.2 cm³/mol. The van der Waals surface area contributed by atoms with Gasteiger partial charge in [0.25, 0.3) is 0 Å². The Balaban J connectivity index is 2.87. The van der Waals surface area contributed by atoms with Crippen LogP contribution in [0, 0.1) is 5.41 Å². The van der Waals surface area contributed by atoms with E-state index in [1.165, 1.54) is 6.21 Å². The van der Waals surface area contributed by atoms with Gasteiger partial charge in [0.1, 0.15) is 0 Å². The quantitative estimate of drug-likeness (QED) is 0.300. The summed E-state index contributed by atoms with van der Waals surface area (Å²) >= 11 is 0. The van der Waals surface area contributed by atoms with Crippen LogP contribution < -0.4 is 16.1 Å². The van der Waals surface area contributed by atoms with Crippen LogP contribution in [0.1, 0.15) is 39.7 Å². The van der Waals surface area contributed by atoms with Gasteiger partial charge in [-0.3, -0.25) is 0 Å². The van der Waals surface area contributed by atoms with E-state index in [0.717, 1.165) is 36.2 Å². The lowest BCUT2D eigenvalue weighted by Gasteiger charge is -2.37. The van der Waals surface area contributed by atoms with Gasteiger partial charge in [0, 0.05) is 24.0 Å².